The summed E-state index contributed by atoms with van der Waals surface area (Å²) in [6, 6.07) is 7.77. The van der Waals surface area contributed by atoms with Crippen LogP contribution in [0, 0.1) is 5.92 Å². The molecule has 0 radical (unpaired) electrons. The van der Waals surface area contributed by atoms with Gasteiger partial charge >= 0.3 is 0 Å². The molecule has 0 atom stereocenters. The van der Waals surface area contributed by atoms with Crippen molar-refractivity contribution in [1.82, 2.24) is 0 Å². The lowest BCUT2D eigenvalue weighted by Crippen LogP contribution is -2.07. The average molecular weight is 247 g/mol. The number of Topliss-reactive ketones (excluding diaryl/α,β-unsaturated/α-hetero) is 1. The Morgan fingerprint density at radius 3 is 2.61 bits per heavy atom. The molecule has 1 aromatic rings. The molecule has 0 spiro atoms. The number of carbonyl (C=O) groups excluding carboxylic acids is 2. The third-order valence-corrected chi connectivity index (χ3v) is 2.78. The van der Waals surface area contributed by atoms with Gasteiger partial charge in [-0.2, -0.15) is 0 Å². The van der Waals surface area contributed by atoms with Crippen molar-refractivity contribution in [3.63, 3.8) is 0 Å². The molecule has 1 aromatic carbocycles. The maximum absolute atomic E-state index is 11.5. The number of aryl methyl sites for hydroxylation is 1. The molecule has 0 saturated heterocycles. The third kappa shape index (κ3) is 5.13. The second kappa shape index (κ2) is 6.94. The lowest BCUT2D eigenvalue weighted by atomic mass is 10.0. The van der Waals surface area contributed by atoms with E-state index in [9.17, 15) is 9.59 Å². The van der Waals surface area contributed by atoms with E-state index < -0.39 is 0 Å². The zero-order valence-electron chi connectivity index (χ0n) is 11.3. The van der Waals surface area contributed by atoms with E-state index in [-0.39, 0.29) is 11.8 Å². The summed E-state index contributed by atoms with van der Waals surface area (Å²) in [6.07, 6.45) is 2.36. The predicted octanol–water partition coefficient (Wildman–Crippen LogP) is 3.19. The van der Waals surface area contributed by atoms with E-state index in [0.717, 1.165) is 24.1 Å². The molecule has 3 heteroatoms. The van der Waals surface area contributed by atoms with Crippen LogP contribution in [0.15, 0.2) is 24.3 Å². The second-order valence-corrected chi connectivity index (χ2v) is 4.86. The lowest BCUT2D eigenvalue weighted by Gasteiger charge is -2.06. The van der Waals surface area contributed by atoms with Crippen LogP contribution in [0.2, 0.25) is 0 Å². The highest BCUT2D eigenvalue weighted by molar-refractivity contribution is 5.88. The number of benzene rings is 1. The summed E-state index contributed by atoms with van der Waals surface area (Å²) < 4.78 is 0. The summed E-state index contributed by atoms with van der Waals surface area (Å²) >= 11 is 0. The highest BCUT2D eigenvalue weighted by Gasteiger charge is 2.06. The molecule has 18 heavy (non-hydrogen) atoms. The number of hydrogen-bond donors (Lipinski definition) is 1. The van der Waals surface area contributed by atoms with Crippen molar-refractivity contribution >= 4 is 17.4 Å². The largest absolute Gasteiger partial charge is 0.326 e. The Labute approximate surface area is 109 Å². The first kappa shape index (κ1) is 14.4. The van der Waals surface area contributed by atoms with E-state index in [1.54, 1.807) is 0 Å². The summed E-state index contributed by atoms with van der Waals surface area (Å²) in [7, 11) is 0. The summed E-state index contributed by atoms with van der Waals surface area (Å²) in [6.45, 7) is 5.35. The molecule has 0 bridgehead atoms. The van der Waals surface area contributed by atoms with Crippen LogP contribution in [-0.2, 0) is 16.0 Å². The number of rotatable bonds is 6. The number of amides is 1. The van der Waals surface area contributed by atoms with Crippen LogP contribution in [0.3, 0.4) is 0 Å². The Balaban J connectivity index is 2.47. The quantitative estimate of drug-likeness (QED) is 0.839. The van der Waals surface area contributed by atoms with E-state index in [2.05, 4.69) is 5.32 Å². The fourth-order valence-electron chi connectivity index (χ4n) is 1.76. The molecule has 0 heterocycles. The first-order valence-electron chi connectivity index (χ1n) is 6.38. The van der Waals surface area contributed by atoms with Gasteiger partial charge in [0.15, 0.2) is 0 Å². The van der Waals surface area contributed by atoms with Crippen molar-refractivity contribution in [3.8, 4) is 0 Å². The molecule has 1 rings (SSSR count). The number of hydrogen-bond acceptors (Lipinski definition) is 2. The van der Waals surface area contributed by atoms with Gasteiger partial charge in [0.05, 0.1) is 0 Å². The highest BCUT2D eigenvalue weighted by Crippen LogP contribution is 2.13. The van der Waals surface area contributed by atoms with Crippen molar-refractivity contribution in [1.29, 1.82) is 0 Å². The van der Waals surface area contributed by atoms with Crippen LogP contribution in [-0.4, -0.2) is 11.7 Å². The molecule has 0 aliphatic heterocycles. The summed E-state index contributed by atoms with van der Waals surface area (Å²) in [5.74, 6) is 0.367. The Bertz CT molecular complexity index is 424. The van der Waals surface area contributed by atoms with E-state index in [0.29, 0.717) is 12.2 Å². The van der Waals surface area contributed by atoms with Crippen LogP contribution in [0.25, 0.3) is 0 Å². The monoisotopic (exact) mass is 247 g/mol. The van der Waals surface area contributed by atoms with Gasteiger partial charge in [-0.15, -0.1) is 0 Å². The Hall–Kier alpha value is -1.64. The molecular weight excluding hydrogens is 226 g/mol. The van der Waals surface area contributed by atoms with E-state index in [1.165, 1.54) is 6.92 Å². The number of carbonyl (C=O) groups is 2. The van der Waals surface area contributed by atoms with Crippen LogP contribution >= 0.6 is 0 Å². The van der Waals surface area contributed by atoms with Gasteiger partial charge in [0.25, 0.3) is 0 Å². The molecule has 3 nitrogen and oxygen atoms in total. The number of anilines is 1. The summed E-state index contributed by atoms with van der Waals surface area (Å²) in [5, 5.41) is 2.76. The van der Waals surface area contributed by atoms with E-state index >= 15 is 0 Å². The number of nitrogens with one attached hydrogen (secondary N) is 1. The van der Waals surface area contributed by atoms with Crippen LogP contribution < -0.4 is 5.32 Å². The minimum atomic E-state index is -0.0675. The second-order valence-electron chi connectivity index (χ2n) is 4.86. The van der Waals surface area contributed by atoms with Crippen molar-refractivity contribution in [2.75, 3.05) is 5.32 Å². The maximum atomic E-state index is 11.5. The van der Waals surface area contributed by atoms with Gasteiger partial charge in [0.2, 0.25) is 5.91 Å². The van der Waals surface area contributed by atoms with Gasteiger partial charge in [-0.25, -0.2) is 0 Å². The van der Waals surface area contributed by atoms with Crippen molar-refractivity contribution in [3.05, 3.63) is 29.8 Å². The Morgan fingerprint density at radius 2 is 2.00 bits per heavy atom. The number of ketones is 1. The topological polar surface area (TPSA) is 46.2 Å². The smallest absolute Gasteiger partial charge is 0.221 e. The predicted molar refractivity (Wildman–Crippen MR) is 73.5 cm³/mol. The van der Waals surface area contributed by atoms with Gasteiger partial charge in [0, 0.05) is 24.9 Å². The first-order chi connectivity index (χ1) is 8.49. The van der Waals surface area contributed by atoms with Gasteiger partial charge in [-0.1, -0.05) is 26.0 Å². The minimum Gasteiger partial charge on any atom is -0.326 e. The maximum Gasteiger partial charge on any atom is 0.221 e. The van der Waals surface area contributed by atoms with Crippen LogP contribution in [0.4, 0.5) is 5.69 Å². The van der Waals surface area contributed by atoms with Gasteiger partial charge in [-0.3, -0.25) is 9.59 Å². The normalized spacial score (nSPS) is 10.4. The molecule has 0 fully saturated rings. The van der Waals surface area contributed by atoms with Gasteiger partial charge < -0.3 is 5.32 Å². The summed E-state index contributed by atoms with van der Waals surface area (Å²) in [5.41, 5.74) is 1.97. The standard InChI is InChI=1S/C15H21NO2/c1-11(2)15(18)9-5-7-13-6-4-8-14(10-13)16-12(3)17/h4,6,8,10-11H,5,7,9H2,1-3H3,(H,16,17). The fourth-order valence-corrected chi connectivity index (χ4v) is 1.76. The van der Waals surface area contributed by atoms with Crippen molar-refractivity contribution in [2.24, 2.45) is 5.92 Å². The van der Waals surface area contributed by atoms with Crippen LogP contribution in [0.1, 0.15) is 39.2 Å². The molecular formula is C15H21NO2. The van der Waals surface area contributed by atoms with Gasteiger partial charge in [0.1, 0.15) is 5.78 Å². The Kier molecular flexibility index (Phi) is 5.56. The fraction of sp³-hybridized carbons (Fsp3) is 0.467. The zero-order chi connectivity index (χ0) is 13.5. The molecule has 0 aromatic heterocycles. The lowest BCUT2D eigenvalue weighted by molar-refractivity contribution is -0.122. The van der Waals surface area contributed by atoms with Gasteiger partial charge in [-0.05, 0) is 30.5 Å². The van der Waals surface area contributed by atoms with Crippen LogP contribution in [0.5, 0.6) is 0 Å². The van der Waals surface area contributed by atoms with Crippen molar-refractivity contribution < 1.29 is 9.59 Å². The Morgan fingerprint density at radius 1 is 1.28 bits per heavy atom. The molecule has 1 N–H and O–H groups in total. The molecule has 0 saturated carbocycles. The summed E-state index contributed by atoms with van der Waals surface area (Å²) in [4.78, 5) is 22.4. The molecule has 1 amide bonds. The average Bonchev–Trinajstić information content (AvgIpc) is 2.28. The third-order valence-electron chi connectivity index (χ3n) is 2.78. The van der Waals surface area contributed by atoms with Crippen molar-refractivity contribution in [2.45, 2.75) is 40.0 Å². The van der Waals surface area contributed by atoms with E-state index in [1.807, 2.05) is 38.1 Å². The zero-order valence-corrected chi connectivity index (χ0v) is 11.3. The molecule has 0 aliphatic carbocycles. The minimum absolute atomic E-state index is 0.0675. The molecule has 0 unspecified atom stereocenters. The molecule has 98 valence electrons. The SMILES string of the molecule is CC(=O)Nc1cccc(CCCC(=O)C(C)C)c1. The molecule has 0 aliphatic rings. The first-order valence-corrected chi connectivity index (χ1v) is 6.38. The highest BCUT2D eigenvalue weighted by atomic mass is 16.1. The van der Waals surface area contributed by atoms with E-state index in [4.69, 9.17) is 0 Å².